The van der Waals surface area contributed by atoms with Gasteiger partial charge in [-0.3, -0.25) is 0 Å². The first-order valence-electron chi connectivity index (χ1n) is 4.63. The van der Waals surface area contributed by atoms with E-state index in [1.165, 1.54) is 32.4 Å². The van der Waals surface area contributed by atoms with Crippen molar-refractivity contribution in [2.24, 2.45) is 11.8 Å². The van der Waals surface area contributed by atoms with Gasteiger partial charge in [0.05, 0.1) is 6.10 Å². The van der Waals surface area contributed by atoms with Gasteiger partial charge in [0.1, 0.15) is 0 Å². The number of rotatable bonds is 1. The lowest BCUT2D eigenvalue weighted by Gasteiger charge is -2.29. The van der Waals surface area contributed by atoms with E-state index in [-0.39, 0.29) is 0 Å². The molecule has 2 nitrogen and oxygen atoms in total. The number of nitrogens with one attached hydrogen (secondary N) is 1. The van der Waals surface area contributed by atoms with Crippen LogP contribution in [0.25, 0.3) is 0 Å². The zero-order chi connectivity index (χ0) is 7.68. The molecule has 1 N–H and O–H groups in total. The third kappa shape index (κ3) is 1.42. The van der Waals surface area contributed by atoms with Crippen molar-refractivity contribution >= 4 is 0 Å². The lowest BCUT2D eigenvalue weighted by Crippen LogP contribution is -2.27. The second-order valence-corrected chi connectivity index (χ2v) is 3.85. The fraction of sp³-hybridized carbons (Fsp3) is 1.00. The molecule has 0 aromatic carbocycles. The molecule has 1 saturated carbocycles. The van der Waals surface area contributed by atoms with Crippen LogP contribution in [0.15, 0.2) is 0 Å². The minimum absolute atomic E-state index is 0.552. The molecule has 1 aliphatic carbocycles. The highest BCUT2D eigenvalue weighted by Gasteiger charge is 2.33. The molecule has 1 saturated heterocycles. The maximum atomic E-state index is 5.37. The normalized spacial score (nSPS) is 43.9. The van der Waals surface area contributed by atoms with Crippen LogP contribution < -0.4 is 5.32 Å². The van der Waals surface area contributed by atoms with Crippen molar-refractivity contribution in [2.45, 2.75) is 25.4 Å². The summed E-state index contributed by atoms with van der Waals surface area (Å²) in [7, 11) is 1.84. The highest BCUT2D eigenvalue weighted by atomic mass is 16.5. The molecular weight excluding hydrogens is 138 g/mol. The summed E-state index contributed by atoms with van der Waals surface area (Å²) in [5.41, 5.74) is 0. The lowest BCUT2D eigenvalue weighted by molar-refractivity contribution is 0.0410. The summed E-state index contributed by atoms with van der Waals surface area (Å²) in [5, 5.41) is 3.45. The van der Waals surface area contributed by atoms with E-state index in [9.17, 15) is 0 Å². The SMILES string of the molecule is COC1CCC2CNCC2C1. The summed E-state index contributed by atoms with van der Waals surface area (Å²) < 4.78 is 5.37. The maximum Gasteiger partial charge on any atom is 0.0574 e. The standard InChI is InChI=1S/C9H17NO/c1-11-9-3-2-7-5-10-6-8(7)4-9/h7-10H,2-6H2,1H3. The van der Waals surface area contributed by atoms with Crippen LogP contribution in [-0.4, -0.2) is 26.3 Å². The van der Waals surface area contributed by atoms with Crippen molar-refractivity contribution in [3.63, 3.8) is 0 Å². The Labute approximate surface area is 68.3 Å². The number of fused-ring (bicyclic) bond motifs is 1. The summed E-state index contributed by atoms with van der Waals surface area (Å²) in [4.78, 5) is 0. The van der Waals surface area contributed by atoms with Crippen LogP contribution >= 0.6 is 0 Å². The van der Waals surface area contributed by atoms with Crippen LogP contribution in [0.4, 0.5) is 0 Å². The predicted octanol–water partition coefficient (Wildman–Crippen LogP) is 1.02. The molecule has 11 heavy (non-hydrogen) atoms. The second kappa shape index (κ2) is 3.11. The van der Waals surface area contributed by atoms with Crippen molar-refractivity contribution in [2.75, 3.05) is 20.2 Å². The molecule has 3 atom stereocenters. The van der Waals surface area contributed by atoms with E-state index < -0.39 is 0 Å². The Hall–Kier alpha value is -0.0800. The van der Waals surface area contributed by atoms with E-state index in [1.807, 2.05) is 7.11 Å². The van der Waals surface area contributed by atoms with E-state index >= 15 is 0 Å². The van der Waals surface area contributed by atoms with Gasteiger partial charge in [0.2, 0.25) is 0 Å². The fourth-order valence-corrected chi connectivity index (χ4v) is 2.47. The molecule has 2 fully saturated rings. The minimum Gasteiger partial charge on any atom is -0.381 e. The van der Waals surface area contributed by atoms with Crippen molar-refractivity contribution < 1.29 is 4.74 Å². The van der Waals surface area contributed by atoms with Gasteiger partial charge in [-0.2, -0.15) is 0 Å². The second-order valence-electron chi connectivity index (χ2n) is 3.85. The van der Waals surface area contributed by atoms with Gasteiger partial charge in [0, 0.05) is 7.11 Å². The average molecular weight is 155 g/mol. The summed E-state index contributed by atoms with van der Waals surface area (Å²) in [6.45, 7) is 2.48. The molecule has 2 rings (SSSR count). The van der Waals surface area contributed by atoms with Gasteiger partial charge in [-0.15, -0.1) is 0 Å². The van der Waals surface area contributed by atoms with Crippen molar-refractivity contribution in [1.82, 2.24) is 5.32 Å². The first-order chi connectivity index (χ1) is 5.40. The zero-order valence-electron chi connectivity index (χ0n) is 7.18. The fourth-order valence-electron chi connectivity index (χ4n) is 2.47. The van der Waals surface area contributed by atoms with E-state index in [0.29, 0.717) is 6.10 Å². The van der Waals surface area contributed by atoms with Crippen LogP contribution in [0.1, 0.15) is 19.3 Å². The van der Waals surface area contributed by atoms with E-state index in [1.54, 1.807) is 0 Å². The Morgan fingerprint density at radius 1 is 1.18 bits per heavy atom. The molecule has 0 aromatic heterocycles. The molecule has 0 aromatic rings. The Kier molecular flexibility index (Phi) is 2.14. The first kappa shape index (κ1) is 7.56. The molecule has 1 aliphatic heterocycles. The third-order valence-corrected chi connectivity index (χ3v) is 3.24. The lowest BCUT2D eigenvalue weighted by atomic mass is 9.80. The van der Waals surface area contributed by atoms with Crippen LogP contribution in [0.2, 0.25) is 0 Å². The van der Waals surface area contributed by atoms with Gasteiger partial charge < -0.3 is 10.1 Å². The molecule has 1 heterocycles. The molecule has 3 unspecified atom stereocenters. The summed E-state index contributed by atoms with van der Waals surface area (Å²) in [5.74, 6) is 1.87. The molecular formula is C9H17NO. The maximum absolute atomic E-state index is 5.37. The summed E-state index contributed by atoms with van der Waals surface area (Å²) in [6.07, 6.45) is 4.49. The molecule has 0 radical (unpaired) electrons. The third-order valence-electron chi connectivity index (χ3n) is 3.24. The van der Waals surface area contributed by atoms with Gasteiger partial charge in [0.25, 0.3) is 0 Å². The van der Waals surface area contributed by atoms with Gasteiger partial charge >= 0.3 is 0 Å². The quantitative estimate of drug-likeness (QED) is 0.610. The number of hydrogen-bond donors (Lipinski definition) is 1. The molecule has 0 spiro atoms. The minimum atomic E-state index is 0.552. The van der Waals surface area contributed by atoms with Crippen molar-refractivity contribution in [3.05, 3.63) is 0 Å². The van der Waals surface area contributed by atoms with Crippen molar-refractivity contribution in [1.29, 1.82) is 0 Å². The van der Waals surface area contributed by atoms with Gasteiger partial charge in [-0.1, -0.05) is 0 Å². The Bertz CT molecular complexity index is 138. The number of methoxy groups -OCH3 is 1. The summed E-state index contributed by atoms with van der Waals surface area (Å²) in [6, 6.07) is 0. The van der Waals surface area contributed by atoms with E-state index in [2.05, 4.69) is 5.32 Å². The largest absolute Gasteiger partial charge is 0.381 e. The van der Waals surface area contributed by atoms with Crippen molar-refractivity contribution in [3.8, 4) is 0 Å². The van der Waals surface area contributed by atoms with E-state index in [0.717, 1.165) is 11.8 Å². The molecule has 2 heteroatoms. The Morgan fingerprint density at radius 2 is 2.00 bits per heavy atom. The van der Waals surface area contributed by atoms with Gasteiger partial charge in [-0.05, 0) is 44.2 Å². The molecule has 0 bridgehead atoms. The van der Waals surface area contributed by atoms with Crippen LogP contribution in [0, 0.1) is 11.8 Å². The molecule has 0 amide bonds. The predicted molar refractivity (Wildman–Crippen MR) is 44.5 cm³/mol. The topological polar surface area (TPSA) is 21.3 Å². The Morgan fingerprint density at radius 3 is 2.82 bits per heavy atom. The average Bonchev–Trinajstić information content (AvgIpc) is 2.50. The first-order valence-corrected chi connectivity index (χ1v) is 4.63. The highest BCUT2D eigenvalue weighted by molar-refractivity contribution is 4.87. The number of hydrogen-bond acceptors (Lipinski definition) is 2. The van der Waals surface area contributed by atoms with Crippen LogP contribution in [0.3, 0.4) is 0 Å². The van der Waals surface area contributed by atoms with Gasteiger partial charge in [0.15, 0.2) is 0 Å². The van der Waals surface area contributed by atoms with E-state index in [4.69, 9.17) is 4.74 Å². The highest BCUT2D eigenvalue weighted by Crippen LogP contribution is 2.33. The number of ether oxygens (including phenoxy) is 1. The zero-order valence-corrected chi connectivity index (χ0v) is 7.18. The smallest absolute Gasteiger partial charge is 0.0574 e. The van der Waals surface area contributed by atoms with Gasteiger partial charge in [-0.25, -0.2) is 0 Å². The monoisotopic (exact) mass is 155 g/mol. The van der Waals surface area contributed by atoms with Crippen LogP contribution in [0.5, 0.6) is 0 Å². The van der Waals surface area contributed by atoms with Crippen LogP contribution in [-0.2, 0) is 4.74 Å². The molecule has 64 valence electrons. The molecule has 2 aliphatic rings. The Balaban J connectivity index is 1.91. The summed E-state index contributed by atoms with van der Waals surface area (Å²) >= 11 is 0.